The summed E-state index contributed by atoms with van der Waals surface area (Å²) in [7, 11) is -1.03. The van der Waals surface area contributed by atoms with E-state index in [9.17, 15) is 8.42 Å². The standard InChI is InChI=1S/C14H22N2O3S/c1-3-20(17,18)14-6-4-12(5-7-14)15-10-13-11-16(2)8-9-19-13/h4-7,13,15H,3,8-11H2,1-2H3. The van der Waals surface area contributed by atoms with Crippen LogP contribution in [0.25, 0.3) is 0 Å². The van der Waals surface area contributed by atoms with Gasteiger partial charge in [0.1, 0.15) is 0 Å². The average molecular weight is 298 g/mol. The predicted molar refractivity (Wildman–Crippen MR) is 79.9 cm³/mol. The second kappa shape index (κ2) is 6.56. The minimum absolute atomic E-state index is 0.127. The number of morpholine rings is 1. The summed E-state index contributed by atoms with van der Waals surface area (Å²) in [6.07, 6.45) is 0.174. The highest BCUT2D eigenvalue weighted by molar-refractivity contribution is 7.91. The van der Waals surface area contributed by atoms with Crippen LogP contribution in [0.5, 0.6) is 0 Å². The van der Waals surface area contributed by atoms with E-state index < -0.39 is 9.84 Å². The normalized spacial score (nSPS) is 20.8. The van der Waals surface area contributed by atoms with Gasteiger partial charge in [-0.05, 0) is 31.3 Å². The van der Waals surface area contributed by atoms with Crippen LogP contribution in [-0.2, 0) is 14.6 Å². The van der Waals surface area contributed by atoms with Gasteiger partial charge in [0.15, 0.2) is 9.84 Å². The number of anilines is 1. The van der Waals surface area contributed by atoms with Crippen molar-refractivity contribution in [1.29, 1.82) is 0 Å². The van der Waals surface area contributed by atoms with Gasteiger partial charge in [0.2, 0.25) is 0 Å². The maximum Gasteiger partial charge on any atom is 0.178 e. The van der Waals surface area contributed by atoms with Crippen LogP contribution in [0.1, 0.15) is 6.92 Å². The van der Waals surface area contributed by atoms with Crippen LogP contribution in [0.3, 0.4) is 0 Å². The Kier molecular flexibility index (Phi) is 5.01. The van der Waals surface area contributed by atoms with Crippen LogP contribution < -0.4 is 5.32 Å². The first-order valence-corrected chi connectivity index (χ1v) is 8.53. The molecule has 0 aromatic heterocycles. The molecule has 0 amide bonds. The number of hydrogen-bond acceptors (Lipinski definition) is 5. The molecule has 2 rings (SSSR count). The summed E-state index contributed by atoms with van der Waals surface area (Å²) >= 11 is 0. The highest BCUT2D eigenvalue weighted by Gasteiger charge is 2.17. The molecule has 1 aromatic rings. The zero-order valence-electron chi connectivity index (χ0n) is 12.0. The number of likely N-dealkylation sites (N-methyl/N-ethyl adjacent to an activating group) is 1. The molecule has 0 radical (unpaired) electrons. The van der Waals surface area contributed by atoms with E-state index in [0.29, 0.717) is 4.90 Å². The van der Waals surface area contributed by atoms with Crippen molar-refractivity contribution in [3.8, 4) is 0 Å². The second-order valence-electron chi connectivity index (χ2n) is 5.06. The smallest absolute Gasteiger partial charge is 0.178 e. The minimum atomic E-state index is -3.12. The molecule has 6 heteroatoms. The fraction of sp³-hybridized carbons (Fsp3) is 0.571. The summed E-state index contributed by atoms with van der Waals surface area (Å²) in [5.74, 6) is 0.127. The molecule has 0 bridgehead atoms. The third-order valence-corrected chi connectivity index (χ3v) is 5.22. The number of rotatable bonds is 5. The van der Waals surface area contributed by atoms with Gasteiger partial charge in [0.05, 0.1) is 23.4 Å². The lowest BCUT2D eigenvalue weighted by Crippen LogP contribution is -2.43. The first-order valence-electron chi connectivity index (χ1n) is 6.88. The molecule has 1 fully saturated rings. The van der Waals surface area contributed by atoms with Crippen molar-refractivity contribution in [2.75, 3.05) is 44.4 Å². The molecule has 0 aliphatic carbocycles. The summed E-state index contributed by atoms with van der Waals surface area (Å²) < 4.78 is 29.1. The first-order chi connectivity index (χ1) is 9.51. The number of ether oxygens (including phenoxy) is 1. The summed E-state index contributed by atoms with van der Waals surface area (Å²) in [6.45, 7) is 5.02. The monoisotopic (exact) mass is 298 g/mol. The lowest BCUT2D eigenvalue weighted by molar-refractivity contribution is -0.0117. The third kappa shape index (κ3) is 3.94. The third-order valence-electron chi connectivity index (χ3n) is 3.47. The molecule has 1 heterocycles. The maximum absolute atomic E-state index is 11.7. The Morgan fingerprint density at radius 2 is 2.05 bits per heavy atom. The van der Waals surface area contributed by atoms with E-state index in [1.54, 1.807) is 31.2 Å². The molecule has 0 spiro atoms. The highest BCUT2D eigenvalue weighted by Crippen LogP contribution is 2.15. The van der Waals surface area contributed by atoms with Crippen molar-refractivity contribution in [1.82, 2.24) is 4.90 Å². The molecule has 1 saturated heterocycles. The molecular formula is C14H22N2O3S. The molecule has 112 valence electrons. The van der Waals surface area contributed by atoms with Gasteiger partial charge in [-0.25, -0.2) is 8.42 Å². The van der Waals surface area contributed by atoms with E-state index in [4.69, 9.17) is 4.74 Å². The molecule has 1 aliphatic rings. The van der Waals surface area contributed by atoms with Crippen LogP contribution in [0.4, 0.5) is 5.69 Å². The van der Waals surface area contributed by atoms with Crippen molar-refractivity contribution in [2.24, 2.45) is 0 Å². The van der Waals surface area contributed by atoms with Gasteiger partial charge < -0.3 is 15.0 Å². The zero-order chi connectivity index (χ0) is 14.6. The lowest BCUT2D eigenvalue weighted by Gasteiger charge is -2.30. The molecule has 1 aromatic carbocycles. The maximum atomic E-state index is 11.7. The summed E-state index contributed by atoms with van der Waals surface area (Å²) in [4.78, 5) is 2.62. The SMILES string of the molecule is CCS(=O)(=O)c1ccc(NCC2CN(C)CCO2)cc1. The molecule has 1 aliphatic heterocycles. The van der Waals surface area contributed by atoms with Gasteiger partial charge in [-0.3, -0.25) is 0 Å². The molecule has 1 unspecified atom stereocenters. The van der Waals surface area contributed by atoms with Crippen LogP contribution in [0.2, 0.25) is 0 Å². The van der Waals surface area contributed by atoms with Crippen LogP contribution in [0.15, 0.2) is 29.2 Å². The van der Waals surface area contributed by atoms with Gasteiger partial charge in [-0.2, -0.15) is 0 Å². The van der Waals surface area contributed by atoms with Gasteiger partial charge >= 0.3 is 0 Å². The molecule has 5 nitrogen and oxygen atoms in total. The Hall–Kier alpha value is -1.11. The Balaban J connectivity index is 1.91. The Morgan fingerprint density at radius 3 is 2.65 bits per heavy atom. The quantitative estimate of drug-likeness (QED) is 0.886. The average Bonchev–Trinajstić information content (AvgIpc) is 2.46. The van der Waals surface area contributed by atoms with Gasteiger partial charge in [0.25, 0.3) is 0 Å². The zero-order valence-corrected chi connectivity index (χ0v) is 12.8. The summed E-state index contributed by atoms with van der Waals surface area (Å²) in [5, 5.41) is 3.29. The van der Waals surface area contributed by atoms with E-state index in [-0.39, 0.29) is 11.9 Å². The predicted octanol–water partition coefficient (Wildman–Crippen LogP) is 1.22. The fourth-order valence-corrected chi connectivity index (χ4v) is 3.05. The first kappa shape index (κ1) is 15.3. The highest BCUT2D eigenvalue weighted by atomic mass is 32.2. The fourth-order valence-electron chi connectivity index (χ4n) is 2.17. The van der Waals surface area contributed by atoms with Crippen molar-refractivity contribution >= 4 is 15.5 Å². The lowest BCUT2D eigenvalue weighted by atomic mass is 10.2. The second-order valence-corrected chi connectivity index (χ2v) is 7.34. The molecule has 20 heavy (non-hydrogen) atoms. The largest absolute Gasteiger partial charge is 0.382 e. The number of benzene rings is 1. The number of hydrogen-bond donors (Lipinski definition) is 1. The van der Waals surface area contributed by atoms with Gasteiger partial charge in [-0.15, -0.1) is 0 Å². The number of nitrogens with one attached hydrogen (secondary N) is 1. The van der Waals surface area contributed by atoms with Crippen LogP contribution >= 0.6 is 0 Å². The van der Waals surface area contributed by atoms with Gasteiger partial charge in [0, 0.05) is 25.3 Å². The van der Waals surface area contributed by atoms with Crippen molar-refractivity contribution < 1.29 is 13.2 Å². The molecule has 0 saturated carbocycles. The molecular weight excluding hydrogens is 276 g/mol. The van der Waals surface area contributed by atoms with Crippen molar-refractivity contribution in [3.05, 3.63) is 24.3 Å². The van der Waals surface area contributed by atoms with Crippen molar-refractivity contribution in [3.63, 3.8) is 0 Å². The topological polar surface area (TPSA) is 58.6 Å². The number of nitrogens with zero attached hydrogens (tertiary/aromatic N) is 1. The van der Waals surface area contributed by atoms with E-state index in [1.807, 2.05) is 0 Å². The number of sulfone groups is 1. The van der Waals surface area contributed by atoms with E-state index in [0.717, 1.165) is 31.9 Å². The van der Waals surface area contributed by atoms with E-state index in [1.165, 1.54) is 0 Å². The van der Waals surface area contributed by atoms with E-state index >= 15 is 0 Å². The van der Waals surface area contributed by atoms with Gasteiger partial charge in [-0.1, -0.05) is 6.92 Å². The Morgan fingerprint density at radius 1 is 1.35 bits per heavy atom. The van der Waals surface area contributed by atoms with Crippen LogP contribution in [-0.4, -0.2) is 58.5 Å². The summed E-state index contributed by atoms with van der Waals surface area (Å²) in [5.41, 5.74) is 0.914. The minimum Gasteiger partial charge on any atom is -0.382 e. The Labute approximate surface area is 120 Å². The molecule has 1 atom stereocenters. The summed E-state index contributed by atoms with van der Waals surface area (Å²) in [6, 6.07) is 6.90. The Bertz CT molecular complexity index is 528. The molecule has 1 N–H and O–H groups in total. The van der Waals surface area contributed by atoms with E-state index in [2.05, 4.69) is 17.3 Å². The van der Waals surface area contributed by atoms with Crippen molar-refractivity contribution in [2.45, 2.75) is 17.9 Å². The van der Waals surface area contributed by atoms with Crippen LogP contribution in [0, 0.1) is 0 Å².